The van der Waals surface area contributed by atoms with Crippen molar-refractivity contribution in [3.05, 3.63) is 29.3 Å². The molecule has 0 atom stereocenters. The molecule has 0 radical (unpaired) electrons. The maximum atomic E-state index is 11.7. The molecule has 0 bridgehead atoms. The Labute approximate surface area is 112 Å². The number of likely N-dealkylation sites (N-methyl/N-ethyl adjacent to an activating group) is 1. The molecule has 3 nitrogen and oxygen atoms in total. The molecule has 4 heteroatoms. The van der Waals surface area contributed by atoms with Gasteiger partial charge in [0.05, 0.1) is 12.4 Å². The van der Waals surface area contributed by atoms with Crippen LogP contribution in [0.5, 0.6) is 0 Å². The summed E-state index contributed by atoms with van der Waals surface area (Å²) in [6.07, 6.45) is 3.61. The van der Waals surface area contributed by atoms with Gasteiger partial charge in [-0.1, -0.05) is 6.07 Å². The van der Waals surface area contributed by atoms with E-state index in [0.717, 1.165) is 0 Å². The Morgan fingerprint density at radius 2 is 2.17 bits per heavy atom. The van der Waals surface area contributed by atoms with Crippen LogP contribution in [0.3, 0.4) is 0 Å². The summed E-state index contributed by atoms with van der Waals surface area (Å²) in [4.78, 5) is 14.5. The van der Waals surface area contributed by atoms with Crippen molar-refractivity contribution >= 4 is 17.7 Å². The highest BCUT2D eigenvalue weighted by molar-refractivity contribution is 8.00. The fraction of sp³-hybridized carbons (Fsp3) is 0.500. The number of aryl methyl sites for hydroxylation is 2. The maximum absolute atomic E-state index is 11.7. The van der Waals surface area contributed by atoms with Gasteiger partial charge in [-0.15, -0.1) is 11.8 Å². The van der Waals surface area contributed by atoms with Gasteiger partial charge in [0.2, 0.25) is 5.91 Å². The summed E-state index contributed by atoms with van der Waals surface area (Å²) in [6.45, 7) is 0.426. The molecule has 0 unspecified atom stereocenters. The number of aliphatic hydroxyl groups excluding tert-OH is 1. The highest BCUT2D eigenvalue weighted by atomic mass is 32.2. The Morgan fingerprint density at radius 3 is 2.94 bits per heavy atom. The first kappa shape index (κ1) is 13.4. The Bertz CT molecular complexity index is 434. The third-order valence-electron chi connectivity index (χ3n) is 3.29. The molecule has 2 rings (SSSR count). The highest BCUT2D eigenvalue weighted by Gasteiger charge is 2.12. The third-order valence-corrected chi connectivity index (χ3v) is 4.27. The second-order valence-corrected chi connectivity index (χ2v) is 5.66. The van der Waals surface area contributed by atoms with Gasteiger partial charge in [0.1, 0.15) is 0 Å². The van der Waals surface area contributed by atoms with Crippen LogP contribution in [-0.4, -0.2) is 41.9 Å². The second-order valence-electron chi connectivity index (χ2n) is 4.61. The van der Waals surface area contributed by atoms with E-state index < -0.39 is 0 Å². The van der Waals surface area contributed by atoms with E-state index in [1.165, 1.54) is 35.3 Å². The zero-order valence-electron chi connectivity index (χ0n) is 10.7. The van der Waals surface area contributed by atoms with Crippen molar-refractivity contribution in [3.63, 3.8) is 0 Å². The van der Waals surface area contributed by atoms with E-state index in [1.807, 2.05) is 0 Å². The largest absolute Gasteiger partial charge is 0.395 e. The van der Waals surface area contributed by atoms with Crippen LogP contribution in [0.2, 0.25) is 0 Å². The summed E-state index contributed by atoms with van der Waals surface area (Å²) in [5.74, 6) is 0.504. The fourth-order valence-corrected chi connectivity index (χ4v) is 3.07. The van der Waals surface area contributed by atoms with Crippen LogP contribution in [0.1, 0.15) is 17.5 Å². The van der Waals surface area contributed by atoms with Gasteiger partial charge in [-0.3, -0.25) is 4.79 Å². The van der Waals surface area contributed by atoms with Crippen molar-refractivity contribution in [2.24, 2.45) is 0 Å². The van der Waals surface area contributed by atoms with Crippen molar-refractivity contribution in [2.45, 2.75) is 24.2 Å². The van der Waals surface area contributed by atoms with Crippen LogP contribution in [0.15, 0.2) is 23.1 Å². The lowest BCUT2D eigenvalue weighted by molar-refractivity contribution is -0.127. The minimum Gasteiger partial charge on any atom is -0.395 e. The number of fused-ring (bicyclic) bond motifs is 1. The Kier molecular flexibility index (Phi) is 4.66. The van der Waals surface area contributed by atoms with E-state index in [1.54, 1.807) is 23.7 Å². The molecular formula is C14H19NO2S. The van der Waals surface area contributed by atoms with Crippen LogP contribution in [-0.2, 0) is 17.6 Å². The van der Waals surface area contributed by atoms with Crippen LogP contribution in [0.4, 0.5) is 0 Å². The number of amides is 1. The van der Waals surface area contributed by atoms with E-state index in [4.69, 9.17) is 5.11 Å². The topological polar surface area (TPSA) is 40.5 Å². The minimum absolute atomic E-state index is 0.0196. The molecule has 0 saturated carbocycles. The number of rotatable bonds is 5. The van der Waals surface area contributed by atoms with Gasteiger partial charge in [0.15, 0.2) is 0 Å². The van der Waals surface area contributed by atoms with Crippen molar-refractivity contribution in [2.75, 3.05) is 26.0 Å². The van der Waals surface area contributed by atoms with Crippen molar-refractivity contribution in [3.8, 4) is 0 Å². The van der Waals surface area contributed by atoms with E-state index in [0.29, 0.717) is 12.3 Å². The quantitative estimate of drug-likeness (QED) is 0.824. The molecule has 18 heavy (non-hydrogen) atoms. The van der Waals surface area contributed by atoms with Crippen LogP contribution in [0.25, 0.3) is 0 Å². The molecule has 1 aliphatic carbocycles. The smallest absolute Gasteiger partial charge is 0.232 e. The zero-order valence-corrected chi connectivity index (χ0v) is 11.5. The zero-order chi connectivity index (χ0) is 13.0. The summed E-state index contributed by atoms with van der Waals surface area (Å²) in [7, 11) is 1.72. The molecular weight excluding hydrogens is 246 g/mol. The maximum Gasteiger partial charge on any atom is 0.232 e. The third kappa shape index (κ3) is 3.27. The predicted molar refractivity (Wildman–Crippen MR) is 73.9 cm³/mol. The van der Waals surface area contributed by atoms with E-state index >= 15 is 0 Å². The molecule has 0 saturated heterocycles. The van der Waals surface area contributed by atoms with Crippen molar-refractivity contribution in [1.82, 2.24) is 4.90 Å². The van der Waals surface area contributed by atoms with Crippen LogP contribution in [0, 0.1) is 0 Å². The summed E-state index contributed by atoms with van der Waals surface area (Å²) in [5, 5.41) is 8.78. The number of nitrogens with zero attached hydrogens (tertiary/aromatic N) is 1. The molecule has 1 aromatic rings. The summed E-state index contributed by atoms with van der Waals surface area (Å²) < 4.78 is 0. The van der Waals surface area contributed by atoms with Gasteiger partial charge >= 0.3 is 0 Å². The molecule has 0 aliphatic heterocycles. The molecule has 0 aromatic heterocycles. The Hall–Kier alpha value is -1.00. The standard InChI is InChI=1S/C14H19NO2S/c1-15(7-8-16)14(17)10-18-13-6-5-11-3-2-4-12(11)9-13/h5-6,9,16H,2-4,7-8,10H2,1H3. The van der Waals surface area contributed by atoms with Gasteiger partial charge < -0.3 is 10.0 Å². The van der Waals surface area contributed by atoms with Crippen LogP contribution >= 0.6 is 11.8 Å². The van der Waals surface area contributed by atoms with Crippen molar-refractivity contribution < 1.29 is 9.90 Å². The predicted octanol–water partition coefficient (Wildman–Crippen LogP) is 1.72. The van der Waals surface area contributed by atoms with Crippen molar-refractivity contribution in [1.29, 1.82) is 0 Å². The fourth-order valence-electron chi connectivity index (χ4n) is 2.17. The normalized spacial score (nSPS) is 13.4. The number of aliphatic hydroxyl groups is 1. The lowest BCUT2D eigenvalue weighted by Gasteiger charge is -2.15. The van der Waals surface area contributed by atoms with Gasteiger partial charge in [-0.2, -0.15) is 0 Å². The average Bonchev–Trinajstić information content (AvgIpc) is 2.83. The number of hydrogen-bond donors (Lipinski definition) is 1. The molecule has 0 spiro atoms. The molecule has 1 amide bonds. The number of hydrogen-bond acceptors (Lipinski definition) is 3. The van der Waals surface area contributed by atoms with E-state index in [2.05, 4.69) is 18.2 Å². The lowest BCUT2D eigenvalue weighted by atomic mass is 10.1. The molecule has 1 N–H and O–H groups in total. The van der Waals surface area contributed by atoms with E-state index in [9.17, 15) is 4.79 Å². The summed E-state index contributed by atoms with van der Waals surface area (Å²) >= 11 is 1.58. The monoisotopic (exact) mass is 265 g/mol. The Balaban J connectivity index is 1.88. The SMILES string of the molecule is CN(CCO)C(=O)CSc1ccc2c(c1)CCC2. The van der Waals surface area contributed by atoms with Crippen LogP contribution < -0.4 is 0 Å². The first-order valence-electron chi connectivity index (χ1n) is 6.30. The Morgan fingerprint density at radius 1 is 1.39 bits per heavy atom. The molecule has 0 heterocycles. The molecule has 98 valence electrons. The van der Waals surface area contributed by atoms with Gasteiger partial charge in [-0.25, -0.2) is 0 Å². The summed E-state index contributed by atoms with van der Waals surface area (Å²) in [5.41, 5.74) is 2.90. The number of thioether (sulfide) groups is 1. The minimum atomic E-state index is 0.0196. The summed E-state index contributed by atoms with van der Waals surface area (Å²) in [6, 6.07) is 6.51. The molecule has 1 aliphatic rings. The van der Waals surface area contributed by atoms with Gasteiger partial charge in [0.25, 0.3) is 0 Å². The first-order valence-corrected chi connectivity index (χ1v) is 7.28. The van der Waals surface area contributed by atoms with Gasteiger partial charge in [-0.05, 0) is 42.5 Å². The average molecular weight is 265 g/mol. The highest BCUT2D eigenvalue weighted by Crippen LogP contribution is 2.27. The van der Waals surface area contributed by atoms with E-state index in [-0.39, 0.29) is 12.5 Å². The number of carbonyl (C=O) groups is 1. The molecule has 1 aromatic carbocycles. The first-order chi connectivity index (χ1) is 8.70. The lowest BCUT2D eigenvalue weighted by Crippen LogP contribution is -2.30. The number of benzene rings is 1. The molecule has 0 fully saturated rings. The number of carbonyl (C=O) groups excluding carboxylic acids is 1. The van der Waals surface area contributed by atoms with Gasteiger partial charge in [0, 0.05) is 18.5 Å². The second kappa shape index (κ2) is 6.25.